The van der Waals surface area contributed by atoms with Gasteiger partial charge in [-0.05, 0) is 34.4 Å². The van der Waals surface area contributed by atoms with Gasteiger partial charge in [0, 0.05) is 12.4 Å². The van der Waals surface area contributed by atoms with E-state index >= 15 is 0 Å². The molecule has 94 valence electrons. The Bertz CT molecular complexity index is 679. The molecule has 0 fully saturated rings. The summed E-state index contributed by atoms with van der Waals surface area (Å²) in [4.78, 5) is 4.11. The molecule has 19 heavy (non-hydrogen) atoms. The van der Waals surface area contributed by atoms with Crippen LogP contribution in [0.25, 0.3) is 10.8 Å². The lowest BCUT2D eigenvalue weighted by atomic mass is 10.0. The molecule has 3 rings (SSSR count). The summed E-state index contributed by atoms with van der Waals surface area (Å²) >= 11 is 6.45. The third kappa shape index (κ3) is 2.77. The van der Waals surface area contributed by atoms with Crippen LogP contribution in [0.2, 0.25) is 0 Å². The Morgan fingerprint density at radius 1 is 0.947 bits per heavy atom. The van der Waals surface area contributed by atoms with Crippen LogP contribution in [0, 0.1) is 0 Å². The summed E-state index contributed by atoms with van der Waals surface area (Å²) in [7, 11) is 0. The predicted molar refractivity (Wildman–Crippen MR) is 80.5 cm³/mol. The van der Waals surface area contributed by atoms with Crippen molar-refractivity contribution in [2.45, 2.75) is 11.8 Å². The van der Waals surface area contributed by atoms with Crippen molar-refractivity contribution in [2.75, 3.05) is 0 Å². The van der Waals surface area contributed by atoms with E-state index in [2.05, 4.69) is 47.4 Å². The van der Waals surface area contributed by atoms with E-state index in [0.29, 0.717) is 0 Å². The first-order chi connectivity index (χ1) is 9.33. The van der Waals surface area contributed by atoms with Gasteiger partial charge in [0.1, 0.15) is 0 Å². The van der Waals surface area contributed by atoms with E-state index in [1.807, 2.05) is 18.3 Å². The summed E-state index contributed by atoms with van der Waals surface area (Å²) in [6.45, 7) is 0. The minimum Gasteiger partial charge on any atom is -0.264 e. The highest BCUT2D eigenvalue weighted by Crippen LogP contribution is 2.25. The van der Waals surface area contributed by atoms with E-state index in [4.69, 9.17) is 11.6 Å². The van der Waals surface area contributed by atoms with E-state index < -0.39 is 0 Å². The zero-order chi connectivity index (χ0) is 13.1. The Balaban J connectivity index is 1.85. The van der Waals surface area contributed by atoms with Crippen molar-refractivity contribution in [1.82, 2.24) is 4.98 Å². The first kappa shape index (κ1) is 12.2. The monoisotopic (exact) mass is 267 g/mol. The molecule has 1 aromatic heterocycles. The minimum atomic E-state index is -0.0325. The second-order valence-corrected chi connectivity index (χ2v) is 5.17. The molecule has 2 aromatic carbocycles. The topological polar surface area (TPSA) is 12.9 Å². The summed E-state index contributed by atoms with van der Waals surface area (Å²) in [6.07, 6.45) is 4.42. The SMILES string of the molecule is ClC(Cc1ccc2ccccc2c1)c1cccnc1. The Morgan fingerprint density at radius 3 is 2.58 bits per heavy atom. The molecule has 0 amide bonds. The zero-order valence-corrected chi connectivity index (χ0v) is 11.2. The van der Waals surface area contributed by atoms with Gasteiger partial charge in [0.15, 0.2) is 0 Å². The van der Waals surface area contributed by atoms with Gasteiger partial charge < -0.3 is 0 Å². The number of hydrogen-bond acceptors (Lipinski definition) is 1. The molecule has 0 aliphatic rings. The van der Waals surface area contributed by atoms with Crippen molar-refractivity contribution in [2.24, 2.45) is 0 Å². The maximum atomic E-state index is 6.45. The lowest BCUT2D eigenvalue weighted by molar-refractivity contribution is 0.913. The summed E-state index contributed by atoms with van der Waals surface area (Å²) in [5.41, 5.74) is 2.32. The number of hydrogen-bond donors (Lipinski definition) is 0. The van der Waals surface area contributed by atoms with Crippen molar-refractivity contribution in [3.05, 3.63) is 78.1 Å². The molecule has 0 bridgehead atoms. The van der Waals surface area contributed by atoms with Crippen molar-refractivity contribution in [3.8, 4) is 0 Å². The highest BCUT2D eigenvalue weighted by molar-refractivity contribution is 6.20. The number of pyridine rings is 1. The zero-order valence-electron chi connectivity index (χ0n) is 10.5. The van der Waals surface area contributed by atoms with Crippen LogP contribution in [-0.4, -0.2) is 4.98 Å². The van der Waals surface area contributed by atoms with Gasteiger partial charge in [-0.2, -0.15) is 0 Å². The number of halogens is 1. The van der Waals surface area contributed by atoms with Gasteiger partial charge in [-0.1, -0.05) is 48.5 Å². The van der Waals surface area contributed by atoms with Crippen LogP contribution in [0.15, 0.2) is 67.0 Å². The van der Waals surface area contributed by atoms with Gasteiger partial charge in [0.25, 0.3) is 0 Å². The molecule has 1 nitrogen and oxygen atoms in total. The molecule has 0 aliphatic carbocycles. The fourth-order valence-corrected chi connectivity index (χ4v) is 2.56. The summed E-state index contributed by atoms with van der Waals surface area (Å²) in [5.74, 6) is 0. The second kappa shape index (κ2) is 5.41. The van der Waals surface area contributed by atoms with E-state index in [-0.39, 0.29) is 5.38 Å². The molecule has 0 spiro atoms. The standard InChI is InChI=1S/C17H14ClN/c18-17(16-6-3-9-19-12-16)11-13-7-8-14-4-1-2-5-15(14)10-13/h1-10,12,17H,11H2. The molecular formula is C17H14ClN. The minimum absolute atomic E-state index is 0.0325. The fourth-order valence-electron chi connectivity index (χ4n) is 2.25. The Labute approximate surface area is 117 Å². The second-order valence-electron chi connectivity index (χ2n) is 4.64. The molecule has 0 saturated carbocycles. The van der Waals surface area contributed by atoms with Crippen LogP contribution in [0.1, 0.15) is 16.5 Å². The number of rotatable bonds is 3. The van der Waals surface area contributed by atoms with E-state index in [1.165, 1.54) is 16.3 Å². The highest BCUT2D eigenvalue weighted by atomic mass is 35.5. The molecule has 2 heteroatoms. The van der Waals surface area contributed by atoms with E-state index in [0.717, 1.165) is 12.0 Å². The number of nitrogens with zero attached hydrogens (tertiary/aromatic N) is 1. The van der Waals surface area contributed by atoms with Gasteiger partial charge in [-0.3, -0.25) is 4.98 Å². The lowest BCUT2D eigenvalue weighted by Crippen LogP contribution is -1.96. The van der Waals surface area contributed by atoms with Crippen molar-refractivity contribution < 1.29 is 0 Å². The third-order valence-electron chi connectivity index (χ3n) is 3.27. The summed E-state index contributed by atoms with van der Waals surface area (Å²) in [5, 5.41) is 2.49. The van der Waals surface area contributed by atoms with Crippen LogP contribution in [-0.2, 0) is 6.42 Å². The van der Waals surface area contributed by atoms with E-state index in [1.54, 1.807) is 6.20 Å². The van der Waals surface area contributed by atoms with Crippen molar-refractivity contribution >= 4 is 22.4 Å². The number of alkyl halides is 1. The number of benzene rings is 2. The summed E-state index contributed by atoms with van der Waals surface area (Å²) in [6, 6.07) is 18.8. The molecule has 0 aliphatic heterocycles. The van der Waals surface area contributed by atoms with Gasteiger partial charge in [0.2, 0.25) is 0 Å². The molecule has 0 radical (unpaired) electrons. The predicted octanol–water partition coefficient (Wildman–Crippen LogP) is 4.76. The Hall–Kier alpha value is -1.86. The smallest absolute Gasteiger partial charge is 0.0640 e. The number of aromatic nitrogens is 1. The van der Waals surface area contributed by atoms with Gasteiger partial charge >= 0.3 is 0 Å². The van der Waals surface area contributed by atoms with Gasteiger partial charge in [0.05, 0.1) is 5.38 Å². The maximum absolute atomic E-state index is 6.45. The van der Waals surface area contributed by atoms with Crippen LogP contribution < -0.4 is 0 Å². The first-order valence-electron chi connectivity index (χ1n) is 6.34. The first-order valence-corrected chi connectivity index (χ1v) is 6.78. The van der Waals surface area contributed by atoms with E-state index in [9.17, 15) is 0 Å². The average molecular weight is 268 g/mol. The van der Waals surface area contributed by atoms with Crippen LogP contribution in [0.4, 0.5) is 0 Å². The highest BCUT2D eigenvalue weighted by Gasteiger charge is 2.09. The molecule has 0 N–H and O–H groups in total. The molecule has 0 saturated heterocycles. The largest absolute Gasteiger partial charge is 0.264 e. The Kier molecular flexibility index (Phi) is 3.47. The summed E-state index contributed by atoms with van der Waals surface area (Å²) < 4.78 is 0. The number of fused-ring (bicyclic) bond motifs is 1. The molecule has 1 heterocycles. The molecule has 3 aromatic rings. The molecule has 1 atom stereocenters. The lowest BCUT2D eigenvalue weighted by Gasteiger charge is -2.10. The average Bonchev–Trinajstić information content (AvgIpc) is 2.48. The van der Waals surface area contributed by atoms with Crippen molar-refractivity contribution in [3.63, 3.8) is 0 Å². The van der Waals surface area contributed by atoms with Crippen LogP contribution >= 0.6 is 11.6 Å². The Morgan fingerprint density at radius 2 is 1.79 bits per heavy atom. The van der Waals surface area contributed by atoms with Crippen LogP contribution in [0.3, 0.4) is 0 Å². The van der Waals surface area contributed by atoms with Crippen molar-refractivity contribution in [1.29, 1.82) is 0 Å². The molecular weight excluding hydrogens is 254 g/mol. The third-order valence-corrected chi connectivity index (χ3v) is 3.68. The quantitative estimate of drug-likeness (QED) is 0.624. The maximum Gasteiger partial charge on any atom is 0.0640 e. The van der Waals surface area contributed by atoms with Crippen LogP contribution in [0.5, 0.6) is 0 Å². The fraction of sp³-hybridized carbons (Fsp3) is 0.118. The molecule has 1 unspecified atom stereocenters. The normalized spacial score (nSPS) is 12.5. The van der Waals surface area contributed by atoms with Gasteiger partial charge in [-0.15, -0.1) is 11.6 Å². The van der Waals surface area contributed by atoms with Gasteiger partial charge in [-0.25, -0.2) is 0 Å².